The number of nitrogens with one attached hydrogen (secondary N) is 1. The fourth-order valence-corrected chi connectivity index (χ4v) is 5.93. The number of anilines is 1. The van der Waals surface area contributed by atoms with E-state index in [4.69, 9.17) is 9.15 Å². The van der Waals surface area contributed by atoms with E-state index in [0.29, 0.717) is 18.5 Å². The van der Waals surface area contributed by atoms with Crippen molar-refractivity contribution in [2.45, 2.75) is 31.3 Å². The quantitative estimate of drug-likeness (QED) is 0.353. The molecule has 0 unspecified atom stereocenters. The molecule has 166 valence electrons. The Morgan fingerprint density at radius 1 is 1.18 bits per heavy atom. The molecule has 9 heteroatoms. The maximum absolute atomic E-state index is 12.3. The van der Waals surface area contributed by atoms with Crippen molar-refractivity contribution in [1.29, 1.82) is 0 Å². The highest BCUT2D eigenvalue weighted by molar-refractivity contribution is 7.28. The van der Waals surface area contributed by atoms with E-state index in [1.807, 2.05) is 42.5 Å². The van der Waals surface area contributed by atoms with Gasteiger partial charge >= 0.3 is 12.1 Å². The van der Waals surface area contributed by atoms with E-state index in [0.717, 1.165) is 24.7 Å². The number of rotatable bonds is 5. The number of aliphatic carboxylic acids is 1. The first-order chi connectivity index (χ1) is 15.9. The van der Waals surface area contributed by atoms with Crippen LogP contribution in [0.5, 0.6) is 0 Å². The number of benzene rings is 1. The molecule has 0 saturated heterocycles. The van der Waals surface area contributed by atoms with Crippen LogP contribution < -0.4 is 5.32 Å². The molecule has 0 aliphatic heterocycles. The number of fused-ring (bicyclic) bond motifs is 1. The summed E-state index contributed by atoms with van der Waals surface area (Å²) in [6, 6.07) is 13.3. The highest BCUT2D eigenvalue weighted by Gasteiger charge is 2.53. The third kappa shape index (κ3) is 4.23. The molecule has 1 atom stereocenters. The van der Waals surface area contributed by atoms with E-state index in [9.17, 15) is 14.7 Å². The van der Waals surface area contributed by atoms with E-state index < -0.39 is 23.6 Å². The molecule has 0 spiro atoms. The molecule has 5 rings (SSSR count). The topological polar surface area (TPSA) is 102 Å². The molecule has 2 N–H and O–H groups in total. The molecule has 1 aliphatic rings. The summed E-state index contributed by atoms with van der Waals surface area (Å²) >= 11 is 3.00. The molecule has 1 aromatic carbocycles. The summed E-state index contributed by atoms with van der Waals surface area (Å²) in [7, 11) is 0. The second kappa shape index (κ2) is 8.39. The van der Waals surface area contributed by atoms with Crippen molar-refractivity contribution >= 4 is 50.0 Å². The summed E-state index contributed by atoms with van der Waals surface area (Å²) < 4.78 is 12.7. The zero-order chi connectivity index (χ0) is 23.0. The Bertz CT molecular complexity index is 1370. The molecule has 33 heavy (non-hydrogen) atoms. The van der Waals surface area contributed by atoms with Gasteiger partial charge in [0.15, 0.2) is 12.1 Å². The Morgan fingerprint density at radius 3 is 2.64 bits per heavy atom. The lowest BCUT2D eigenvalue weighted by atomic mass is 10.1. The Balaban J connectivity index is 1.27. The van der Waals surface area contributed by atoms with Crippen LogP contribution in [0.3, 0.4) is 0 Å². The van der Waals surface area contributed by atoms with Crippen LogP contribution in [0.2, 0.25) is 0 Å². The minimum atomic E-state index is -0.751. The number of aromatic nitrogens is 1. The summed E-state index contributed by atoms with van der Waals surface area (Å²) in [6.45, 7) is 1.78. The predicted octanol–water partition coefficient (Wildman–Crippen LogP) is 5.78. The first kappa shape index (κ1) is 21.2. The number of oxazole rings is 1. The SMILES string of the molecule is C[C@@H](OC(=O)Nc1ocnc1C#Cc1cc2sc(C3(C(=O)O)CC3)cc2s1)c1ccccc1. The molecule has 1 amide bonds. The molecule has 0 radical (unpaired) electrons. The summed E-state index contributed by atoms with van der Waals surface area (Å²) in [5.41, 5.74) is 0.477. The number of hydrogen-bond acceptors (Lipinski definition) is 7. The largest absolute Gasteiger partial charge is 0.481 e. The van der Waals surface area contributed by atoms with Crippen LogP contribution in [0, 0.1) is 11.8 Å². The highest BCUT2D eigenvalue weighted by atomic mass is 32.1. The number of carbonyl (C=O) groups is 2. The Kier molecular flexibility index (Phi) is 5.40. The number of carbonyl (C=O) groups excluding carboxylic acids is 1. The van der Waals surface area contributed by atoms with Gasteiger partial charge in [0.2, 0.25) is 5.88 Å². The average molecular weight is 479 g/mol. The molecule has 1 saturated carbocycles. The highest BCUT2D eigenvalue weighted by Crippen LogP contribution is 2.52. The second-order valence-electron chi connectivity index (χ2n) is 7.70. The average Bonchev–Trinajstić information content (AvgIpc) is 3.12. The maximum atomic E-state index is 12.3. The van der Waals surface area contributed by atoms with Gasteiger partial charge in [0.1, 0.15) is 11.5 Å². The molecule has 1 fully saturated rings. The predicted molar refractivity (Wildman–Crippen MR) is 126 cm³/mol. The summed E-state index contributed by atoms with van der Waals surface area (Å²) in [6.07, 6.45) is 1.50. The lowest BCUT2D eigenvalue weighted by molar-refractivity contribution is -0.139. The second-order valence-corrected chi connectivity index (χ2v) is 9.87. The first-order valence-corrected chi connectivity index (χ1v) is 11.8. The van der Waals surface area contributed by atoms with Crippen molar-refractivity contribution < 1.29 is 23.8 Å². The van der Waals surface area contributed by atoms with E-state index in [1.54, 1.807) is 6.92 Å². The number of hydrogen-bond donors (Lipinski definition) is 2. The van der Waals surface area contributed by atoms with Crippen LogP contribution >= 0.6 is 22.7 Å². The Hall–Kier alpha value is -3.61. The van der Waals surface area contributed by atoms with E-state index >= 15 is 0 Å². The number of carboxylic acid groups (broad SMARTS) is 1. The van der Waals surface area contributed by atoms with Gasteiger partial charge in [0.25, 0.3) is 0 Å². The molecule has 3 aromatic heterocycles. The minimum absolute atomic E-state index is 0.116. The third-order valence-corrected chi connectivity index (χ3v) is 7.89. The van der Waals surface area contributed by atoms with Gasteiger partial charge in [-0.2, -0.15) is 0 Å². The number of ether oxygens (including phenoxy) is 1. The number of thiophene rings is 2. The fourth-order valence-electron chi connectivity index (χ4n) is 3.44. The smallest absolute Gasteiger partial charge is 0.414 e. The van der Waals surface area contributed by atoms with Crippen LogP contribution in [-0.4, -0.2) is 22.2 Å². The Morgan fingerprint density at radius 2 is 1.94 bits per heavy atom. The maximum Gasteiger partial charge on any atom is 0.414 e. The van der Waals surface area contributed by atoms with Gasteiger partial charge in [-0.25, -0.2) is 9.78 Å². The minimum Gasteiger partial charge on any atom is -0.481 e. The fraction of sp³-hybridized carbons (Fsp3) is 0.208. The monoisotopic (exact) mass is 478 g/mol. The normalized spacial score (nSPS) is 14.8. The van der Waals surface area contributed by atoms with Gasteiger partial charge in [-0.1, -0.05) is 30.3 Å². The van der Waals surface area contributed by atoms with Crippen LogP contribution in [0.1, 0.15) is 46.9 Å². The number of carboxylic acids is 1. The molecular weight excluding hydrogens is 460 g/mol. The van der Waals surface area contributed by atoms with Crippen LogP contribution in [0.15, 0.2) is 53.3 Å². The standard InChI is InChI=1S/C24H18N2O5S2/c1-14(15-5-3-2-4-6-15)31-23(29)26-21-17(25-13-30-21)8-7-16-11-18-19(32-16)12-20(33-18)24(9-10-24)22(27)28/h2-6,11-14H,9-10H2,1H3,(H,26,29)(H,27,28)/t14-/m1/s1. The zero-order valence-electron chi connectivity index (χ0n) is 17.5. The number of amides is 1. The molecule has 7 nitrogen and oxygen atoms in total. The van der Waals surface area contributed by atoms with Crippen LogP contribution in [0.4, 0.5) is 10.7 Å². The molecule has 3 heterocycles. The van der Waals surface area contributed by atoms with Gasteiger partial charge in [-0.05, 0) is 49.3 Å². The first-order valence-electron chi connectivity index (χ1n) is 10.2. The van der Waals surface area contributed by atoms with Crippen molar-refractivity contribution in [2.24, 2.45) is 0 Å². The van der Waals surface area contributed by atoms with E-state index in [2.05, 4.69) is 22.1 Å². The van der Waals surface area contributed by atoms with Gasteiger partial charge in [0, 0.05) is 14.3 Å². The summed E-state index contributed by atoms with van der Waals surface area (Å²) in [5, 5.41) is 12.0. The molecule has 0 bridgehead atoms. The zero-order valence-corrected chi connectivity index (χ0v) is 19.1. The van der Waals surface area contributed by atoms with Crippen LogP contribution in [-0.2, 0) is 14.9 Å². The lowest BCUT2D eigenvalue weighted by Gasteiger charge is -2.13. The van der Waals surface area contributed by atoms with Gasteiger partial charge in [-0.3, -0.25) is 10.1 Å². The van der Waals surface area contributed by atoms with E-state index in [-0.39, 0.29) is 5.88 Å². The molecular formula is C24H18N2O5S2. The van der Waals surface area contributed by atoms with E-state index in [1.165, 1.54) is 29.1 Å². The van der Waals surface area contributed by atoms with Gasteiger partial charge in [-0.15, -0.1) is 22.7 Å². The van der Waals surface area contributed by atoms with Crippen molar-refractivity contribution in [3.05, 3.63) is 69.9 Å². The summed E-state index contributed by atoms with van der Waals surface area (Å²) in [5.74, 6) is 5.33. The lowest BCUT2D eigenvalue weighted by Crippen LogP contribution is -2.17. The van der Waals surface area contributed by atoms with Crippen LogP contribution in [0.25, 0.3) is 9.40 Å². The molecule has 1 aliphatic carbocycles. The van der Waals surface area contributed by atoms with Crippen molar-refractivity contribution in [3.63, 3.8) is 0 Å². The summed E-state index contributed by atoms with van der Waals surface area (Å²) in [4.78, 5) is 29.6. The van der Waals surface area contributed by atoms with Crippen molar-refractivity contribution in [2.75, 3.05) is 5.32 Å². The van der Waals surface area contributed by atoms with Crippen molar-refractivity contribution in [3.8, 4) is 11.8 Å². The molecule has 4 aromatic rings. The van der Waals surface area contributed by atoms with Gasteiger partial charge < -0.3 is 14.3 Å². The van der Waals surface area contributed by atoms with Crippen molar-refractivity contribution in [1.82, 2.24) is 4.98 Å². The Labute approximate surface area is 197 Å². The number of nitrogens with zero attached hydrogens (tertiary/aromatic N) is 1. The third-order valence-electron chi connectivity index (χ3n) is 5.48. The van der Waals surface area contributed by atoms with Gasteiger partial charge in [0.05, 0.1) is 4.88 Å².